The molecule has 0 amide bonds. The summed E-state index contributed by atoms with van der Waals surface area (Å²) in [5, 5.41) is 3.31. The Bertz CT molecular complexity index is 516. The number of aromatic nitrogens is 2. The summed E-state index contributed by atoms with van der Waals surface area (Å²) in [6, 6.07) is 10.1. The molecular formula is C16H21N3O. The first kappa shape index (κ1) is 14.5. The maximum Gasteiger partial charge on any atom is 0.233 e. The van der Waals surface area contributed by atoms with Crippen LogP contribution in [0.1, 0.15) is 37.6 Å². The molecule has 1 aromatic carbocycles. The molecule has 0 aliphatic rings. The Hall–Kier alpha value is -1.94. The van der Waals surface area contributed by atoms with Crippen molar-refractivity contribution in [1.29, 1.82) is 0 Å². The van der Waals surface area contributed by atoms with Crippen LogP contribution in [-0.2, 0) is 6.54 Å². The van der Waals surface area contributed by atoms with Crippen molar-refractivity contribution in [2.45, 2.75) is 32.9 Å². The number of rotatable bonds is 7. The van der Waals surface area contributed by atoms with Crippen LogP contribution in [0.5, 0.6) is 5.88 Å². The summed E-state index contributed by atoms with van der Waals surface area (Å²) in [5.74, 6) is 0.567. The number of benzene rings is 1. The molecule has 2 rings (SSSR count). The SMILES string of the molecule is CCCNCc1cncc(OC(C)c2ccccc2)n1. The molecule has 1 unspecified atom stereocenters. The highest BCUT2D eigenvalue weighted by atomic mass is 16.5. The molecule has 0 fully saturated rings. The zero-order valence-corrected chi connectivity index (χ0v) is 12.0. The monoisotopic (exact) mass is 271 g/mol. The van der Waals surface area contributed by atoms with E-state index in [9.17, 15) is 0 Å². The number of nitrogens with one attached hydrogen (secondary N) is 1. The van der Waals surface area contributed by atoms with E-state index in [4.69, 9.17) is 4.74 Å². The standard InChI is InChI=1S/C16H21N3O/c1-3-9-17-10-15-11-18-12-16(19-15)20-13(2)14-7-5-4-6-8-14/h4-8,11-13,17H,3,9-10H2,1-2H3. The molecule has 0 spiro atoms. The minimum absolute atomic E-state index is 0.0376. The van der Waals surface area contributed by atoms with Gasteiger partial charge in [0.1, 0.15) is 6.10 Å². The molecule has 0 radical (unpaired) electrons. The molecule has 0 saturated carbocycles. The van der Waals surface area contributed by atoms with E-state index in [-0.39, 0.29) is 6.10 Å². The summed E-state index contributed by atoms with van der Waals surface area (Å²) < 4.78 is 5.85. The molecule has 0 aliphatic carbocycles. The van der Waals surface area contributed by atoms with Crippen LogP contribution in [0.3, 0.4) is 0 Å². The second kappa shape index (κ2) is 7.60. The molecule has 106 valence electrons. The maximum atomic E-state index is 5.85. The first-order chi connectivity index (χ1) is 9.79. The van der Waals surface area contributed by atoms with Crippen LogP contribution in [0.15, 0.2) is 42.7 Å². The van der Waals surface area contributed by atoms with Crippen molar-refractivity contribution < 1.29 is 4.74 Å². The van der Waals surface area contributed by atoms with Gasteiger partial charge in [-0.1, -0.05) is 37.3 Å². The van der Waals surface area contributed by atoms with E-state index in [1.165, 1.54) is 0 Å². The van der Waals surface area contributed by atoms with E-state index in [1.807, 2.05) is 37.3 Å². The fourth-order valence-electron chi connectivity index (χ4n) is 1.89. The van der Waals surface area contributed by atoms with Gasteiger partial charge in [-0.15, -0.1) is 0 Å². The molecule has 0 saturated heterocycles. The molecule has 1 atom stereocenters. The highest BCUT2D eigenvalue weighted by Gasteiger charge is 2.08. The van der Waals surface area contributed by atoms with Gasteiger partial charge in [-0.3, -0.25) is 4.98 Å². The third-order valence-electron chi connectivity index (χ3n) is 2.96. The molecule has 4 heteroatoms. The van der Waals surface area contributed by atoms with Gasteiger partial charge in [-0.2, -0.15) is 0 Å². The van der Waals surface area contributed by atoms with Gasteiger partial charge in [0.15, 0.2) is 0 Å². The third-order valence-corrected chi connectivity index (χ3v) is 2.96. The van der Waals surface area contributed by atoms with Crippen LogP contribution < -0.4 is 10.1 Å². The second-order valence-corrected chi connectivity index (χ2v) is 4.70. The van der Waals surface area contributed by atoms with E-state index < -0.39 is 0 Å². The number of nitrogens with zero attached hydrogens (tertiary/aromatic N) is 2. The van der Waals surface area contributed by atoms with Gasteiger partial charge in [-0.05, 0) is 25.5 Å². The van der Waals surface area contributed by atoms with E-state index in [0.717, 1.165) is 30.8 Å². The van der Waals surface area contributed by atoms with Crippen LogP contribution in [-0.4, -0.2) is 16.5 Å². The van der Waals surface area contributed by atoms with Crippen LogP contribution in [0.25, 0.3) is 0 Å². The van der Waals surface area contributed by atoms with Gasteiger partial charge in [-0.25, -0.2) is 4.98 Å². The van der Waals surface area contributed by atoms with Crippen molar-refractivity contribution in [2.75, 3.05) is 6.54 Å². The minimum Gasteiger partial charge on any atom is -0.469 e. The van der Waals surface area contributed by atoms with Gasteiger partial charge in [0, 0.05) is 12.7 Å². The Balaban J connectivity index is 1.97. The lowest BCUT2D eigenvalue weighted by atomic mass is 10.1. The minimum atomic E-state index is -0.0376. The Morgan fingerprint density at radius 2 is 2.00 bits per heavy atom. The van der Waals surface area contributed by atoms with Crippen molar-refractivity contribution in [2.24, 2.45) is 0 Å². The van der Waals surface area contributed by atoms with Gasteiger partial charge in [0.05, 0.1) is 11.9 Å². The zero-order chi connectivity index (χ0) is 14.2. The van der Waals surface area contributed by atoms with Crippen LogP contribution in [0.2, 0.25) is 0 Å². The molecule has 1 heterocycles. The molecule has 1 N–H and O–H groups in total. The summed E-state index contributed by atoms with van der Waals surface area (Å²) in [6.45, 7) is 5.85. The molecule has 4 nitrogen and oxygen atoms in total. The number of hydrogen-bond donors (Lipinski definition) is 1. The van der Waals surface area contributed by atoms with Gasteiger partial charge >= 0.3 is 0 Å². The van der Waals surface area contributed by atoms with E-state index in [0.29, 0.717) is 5.88 Å². The van der Waals surface area contributed by atoms with E-state index in [1.54, 1.807) is 12.4 Å². The summed E-state index contributed by atoms with van der Waals surface area (Å²) in [4.78, 5) is 8.65. The number of hydrogen-bond acceptors (Lipinski definition) is 4. The summed E-state index contributed by atoms with van der Waals surface area (Å²) in [5.41, 5.74) is 2.03. The van der Waals surface area contributed by atoms with E-state index in [2.05, 4.69) is 22.2 Å². The summed E-state index contributed by atoms with van der Waals surface area (Å²) in [6.07, 6.45) is 4.49. The smallest absolute Gasteiger partial charge is 0.233 e. The molecule has 1 aromatic heterocycles. The van der Waals surface area contributed by atoms with Gasteiger partial charge in [0.25, 0.3) is 0 Å². The zero-order valence-electron chi connectivity index (χ0n) is 12.0. The van der Waals surface area contributed by atoms with Gasteiger partial charge in [0.2, 0.25) is 5.88 Å². The van der Waals surface area contributed by atoms with E-state index >= 15 is 0 Å². The Labute approximate surface area is 120 Å². The van der Waals surface area contributed by atoms with Gasteiger partial charge < -0.3 is 10.1 Å². The Morgan fingerprint density at radius 3 is 2.75 bits per heavy atom. The Morgan fingerprint density at radius 1 is 1.20 bits per heavy atom. The van der Waals surface area contributed by atoms with Crippen LogP contribution in [0.4, 0.5) is 0 Å². The van der Waals surface area contributed by atoms with Crippen molar-refractivity contribution in [3.63, 3.8) is 0 Å². The lowest BCUT2D eigenvalue weighted by molar-refractivity contribution is 0.215. The second-order valence-electron chi connectivity index (χ2n) is 4.70. The highest BCUT2D eigenvalue weighted by Crippen LogP contribution is 2.19. The summed E-state index contributed by atoms with van der Waals surface area (Å²) >= 11 is 0. The lowest BCUT2D eigenvalue weighted by Gasteiger charge is -2.14. The fraction of sp³-hybridized carbons (Fsp3) is 0.375. The Kier molecular flexibility index (Phi) is 5.50. The molecule has 20 heavy (non-hydrogen) atoms. The first-order valence-corrected chi connectivity index (χ1v) is 7.03. The lowest BCUT2D eigenvalue weighted by Crippen LogP contribution is -2.15. The largest absolute Gasteiger partial charge is 0.469 e. The quantitative estimate of drug-likeness (QED) is 0.786. The molecule has 2 aromatic rings. The van der Waals surface area contributed by atoms with Crippen molar-refractivity contribution in [3.05, 3.63) is 54.0 Å². The number of ether oxygens (including phenoxy) is 1. The molecular weight excluding hydrogens is 250 g/mol. The predicted octanol–water partition coefficient (Wildman–Crippen LogP) is 3.12. The van der Waals surface area contributed by atoms with Crippen molar-refractivity contribution in [1.82, 2.24) is 15.3 Å². The molecule has 0 aliphatic heterocycles. The first-order valence-electron chi connectivity index (χ1n) is 7.03. The fourth-order valence-corrected chi connectivity index (χ4v) is 1.89. The normalized spacial score (nSPS) is 12.1. The topological polar surface area (TPSA) is 47.0 Å². The summed E-state index contributed by atoms with van der Waals surface area (Å²) in [7, 11) is 0. The molecule has 0 bridgehead atoms. The third kappa shape index (κ3) is 4.31. The highest BCUT2D eigenvalue weighted by molar-refractivity contribution is 5.19. The van der Waals surface area contributed by atoms with Crippen molar-refractivity contribution in [3.8, 4) is 5.88 Å². The average Bonchev–Trinajstić information content (AvgIpc) is 2.49. The maximum absolute atomic E-state index is 5.85. The van der Waals surface area contributed by atoms with Crippen LogP contribution in [0, 0.1) is 0 Å². The van der Waals surface area contributed by atoms with Crippen LogP contribution >= 0.6 is 0 Å². The average molecular weight is 271 g/mol. The predicted molar refractivity (Wildman–Crippen MR) is 79.5 cm³/mol. The van der Waals surface area contributed by atoms with Crippen molar-refractivity contribution >= 4 is 0 Å².